The van der Waals surface area contributed by atoms with Crippen LogP contribution in [0.1, 0.15) is 31.7 Å². The van der Waals surface area contributed by atoms with Crippen LogP contribution in [-0.2, 0) is 6.42 Å². The number of benzene rings is 1. The average Bonchev–Trinajstić information content (AvgIpc) is 2.24. The number of nitrogens with one attached hydrogen (secondary N) is 1. The Morgan fingerprint density at radius 3 is 2.47 bits per heavy atom. The lowest BCUT2D eigenvalue weighted by Crippen LogP contribution is -2.52. The first-order valence-corrected chi connectivity index (χ1v) is 6.09. The van der Waals surface area contributed by atoms with Gasteiger partial charge in [0.2, 0.25) is 0 Å². The Bertz CT molecular complexity index is 282. The van der Waals surface area contributed by atoms with E-state index >= 15 is 0 Å². The summed E-state index contributed by atoms with van der Waals surface area (Å²) >= 11 is 0. The van der Waals surface area contributed by atoms with E-state index in [9.17, 15) is 0 Å². The number of aryl methyl sites for hydroxylation is 1. The highest BCUT2D eigenvalue weighted by molar-refractivity contribution is 5.14. The summed E-state index contributed by atoms with van der Waals surface area (Å²) in [5, 5.41) is 3.40. The van der Waals surface area contributed by atoms with Crippen molar-refractivity contribution in [2.75, 3.05) is 13.1 Å². The quantitative estimate of drug-likeness (QED) is 0.775. The van der Waals surface area contributed by atoms with E-state index in [1.807, 2.05) is 0 Å². The van der Waals surface area contributed by atoms with Crippen molar-refractivity contribution in [1.29, 1.82) is 0 Å². The zero-order valence-corrected chi connectivity index (χ0v) is 9.63. The average molecular weight is 203 g/mol. The fourth-order valence-corrected chi connectivity index (χ4v) is 2.39. The van der Waals surface area contributed by atoms with Crippen LogP contribution in [0.15, 0.2) is 30.3 Å². The number of hydrogen-bond donors (Lipinski definition) is 1. The Labute approximate surface area is 92.9 Å². The molecule has 1 heterocycles. The number of hydrogen-bond acceptors (Lipinski definition) is 1. The van der Waals surface area contributed by atoms with Gasteiger partial charge in [-0.2, -0.15) is 0 Å². The van der Waals surface area contributed by atoms with E-state index in [4.69, 9.17) is 0 Å². The molecule has 0 aliphatic carbocycles. The van der Waals surface area contributed by atoms with Crippen molar-refractivity contribution in [3.05, 3.63) is 35.9 Å². The molecule has 0 bridgehead atoms. The molecule has 0 saturated carbocycles. The van der Waals surface area contributed by atoms with Gasteiger partial charge >= 0.3 is 0 Å². The molecular weight excluding hydrogens is 182 g/mol. The Kier molecular flexibility index (Phi) is 3.42. The highest BCUT2D eigenvalue weighted by Crippen LogP contribution is 2.32. The molecule has 1 aromatic rings. The van der Waals surface area contributed by atoms with Crippen molar-refractivity contribution in [1.82, 2.24) is 5.32 Å². The fourth-order valence-electron chi connectivity index (χ4n) is 2.39. The molecule has 82 valence electrons. The zero-order valence-electron chi connectivity index (χ0n) is 9.63. The standard InChI is InChI=1S/C14H21N/c1-2-14(11-15-12-14)10-6-9-13-7-4-3-5-8-13/h3-5,7-8,15H,2,6,9-12H2,1H3. The highest BCUT2D eigenvalue weighted by Gasteiger charge is 2.33. The maximum atomic E-state index is 3.40. The first-order chi connectivity index (χ1) is 7.35. The normalized spacial score (nSPS) is 18.5. The van der Waals surface area contributed by atoms with Gasteiger partial charge in [0.1, 0.15) is 0 Å². The van der Waals surface area contributed by atoms with E-state index in [0.717, 1.165) is 0 Å². The summed E-state index contributed by atoms with van der Waals surface area (Å²) < 4.78 is 0. The molecule has 0 atom stereocenters. The van der Waals surface area contributed by atoms with Crippen LogP contribution in [0, 0.1) is 5.41 Å². The molecule has 15 heavy (non-hydrogen) atoms. The summed E-state index contributed by atoms with van der Waals surface area (Å²) in [6, 6.07) is 10.8. The predicted octanol–water partition coefficient (Wildman–Crippen LogP) is 3.01. The molecule has 0 unspecified atom stereocenters. The van der Waals surface area contributed by atoms with Crippen LogP contribution in [0.25, 0.3) is 0 Å². The van der Waals surface area contributed by atoms with Crippen molar-refractivity contribution in [3.8, 4) is 0 Å². The van der Waals surface area contributed by atoms with Crippen molar-refractivity contribution in [2.24, 2.45) is 5.41 Å². The molecule has 2 rings (SSSR count). The molecule has 0 amide bonds. The fraction of sp³-hybridized carbons (Fsp3) is 0.571. The second-order valence-corrected chi connectivity index (χ2v) is 4.80. The van der Waals surface area contributed by atoms with Crippen LogP contribution in [0.2, 0.25) is 0 Å². The van der Waals surface area contributed by atoms with Crippen molar-refractivity contribution < 1.29 is 0 Å². The largest absolute Gasteiger partial charge is 0.316 e. The minimum atomic E-state index is 0.634. The minimum absolute atomic E-state index is 0.634. The third kappa shape index (κ3) is 2.60. The zero-order chi connectivity index (χ0) is 10.6. The van der Waals surface area contributed by atoms with Gasteiger partial charge in [0.25, 0.3) is 0 Å². The topological polar surface area (TPSA) is 12.0 Å². The number of rotatable bonds is 5. The van der Waals surface area contributed by atoms with Gasteiger partial charge in [0.15, 0.2) is 0 Å². The van der Waals surface area contributed by atoms with E-state index in [0.29, 0.717) is 5.41 Å². The van der Waals surface area contributed by atoms with Crippen molar-refractivity contribution in [2.45, 2.75) is 32.6 Å². The van der Waals surface area contributed by atoms with Crippen LogP contribution in [0.4, 0.5) is 0 Å². The highest BCUT2D eigenvalue weighted by atomic mass is 15.0. The van der Waals surface area contributed by atoms with Crippen LogP contribution >= 0.6 is 0 Å². The van der Waals surface area contributed by atoms with Gasteiger partial charge in [-0.15, -0.1) is 0 Å². The third-order valence-corrected chi connectivity index (χ3v) is 3.77. The lowest BCUT2D eigenvalue weighted by molar-refractivity contribution is 0.142. The third-order valence-electron chi connectivity index (χ3n) is 3.77. The van der Waals surface area contributed by atoms with E-state index < -0.39 is 0 Å². The van der Waals surface area contributed by atoms with E-state index in [1.165, 1.54) is 44.3 Å². The van der Waals surface area contributed by atoms with Gasteiger partial charge in [-0.25, -0.2) is 0 Å². The second kappa shape index (κ2) is 4.80. The SMILES string of the molecule is CCC1(CCCc2ccccc2)CNC1. The summed E-state index contributed by atoms with van der Waals surface area (Å²) in [5.74, 6) is 0. The summed E-state index contributed by atoms with van der Waals surface area (Å²) in [7, 11) is 0. The second-order valence-electron chi connectivity index (χ2n) is 4.80. The predicted molar refractivity (Wildman–Crippen MR) is 65.0 cm³/mol. The van der Waals surface area contributed by atoms with Crippen molar-refractivity contribution >= 4 is 0 Å². The molecule has 1 aliphatic rings. The molecule has 0 spiro atoms. The smallest absolute Gasteiger partial charge is 0.00201 e. The summed E-state index contributed by atoms with van der Waals surface area (Å²) in [6.07, 6.45) is 5.28. The Morgan fingerprint density at radius 2 is 1.93 bits per heavy atom. The van der Waals surface area contributed by atoms with Crippen molar-refractivity contribution in [3.63, 3.8) is 0 Å². The molecule has 1 saturated heterocycles. The maximum absolute atomic E-state index is 3.40. The van der Waals surface area contributed by atoms with E-state index in [1.54, 1.807) is 0 Å². The summed E-state index contributed by atoms with van der Waals surface area (Å²) in [4.78, 5) is 0. The first-order valence-electron chi connectivity index (χ1n) is 6.09. The lowest BCUT2D eigenvalue weighted by atomic mass is 9.75. The van der Waals surface area contributed by atoms with Crippen LogP contribution in [0.5, 0.6) is 0 Å². The Hall–Kier alpha value is -0.820. The molecule has 1 nitrogen and oxygen atoms in total. The van der Waals surface area contributed by atoms with Gasteiger partial charge in [-0.05, 0) is 36.7 Å². The lowest BCUT2D eigenvalue weighted by Gasteiger charge is -2.42. The molecule has 0 radical (unpaired) electrons. The molecule has 0 aromatic heterocycles. The van der Waals surface area contributed by atoms with Gasteiger partial charge in [0, 0.05) is 13.1 Å². The minimum Gasteiger partial charge on any atom is -0.316 e. The monoisotopic (exact) mass is 203 g/mol. The van der Waals surface area contributed by atoms with E-state index in [-0.39, 0.29) is 0 Å². The van der Waals surface area contributed by atoms with Gasteiger partial charge in [-0.3, -0.25) is 0 Å². The summed E-state index contributed by atoms with van der Waals surface area (Å²) in [6.45, 7) is 4.79. The molecule has 1 heteroatoms. The van der Waals surface area contributed by atoms with Crippen LogP contribution in [-0.4, -0.2) is 13.1 Å². The van der Waals surface area contributed by atoms with Gasteiger partial charge in [-0.1, -0.05) is 37.3 Å². The summed E-state index contributed by atoms with van der Waals surface area (Å²) in [5.41, 5.74) is 2.12. The maximum Gasteiger partial charge on any atom is 0.00201 e. The first kappa shape index (κ1) is 10.7. The van der Waals surface area contributed by atoms with E-state index in [2.05, 4.69) is 42.6 Å². The molecule has 1 N–H and O–H groups in total. The molecule has 1 fully saturated rings. The molecular formula is C14H21N. The van der Waals surface area contributed by atoms with Gasteiger partial charge < -0.3 is 5.32 Å². The Balaban J connectivity index is 1.75. The molecule has 1 aliphatic heterocycles. The Morgan fingerprint density at radius 1 is 1.20 bits per heavy atom. The van der Waals surface area contributed by atoms with Crippen LogP contribution < -0.4 is 5.32 Å². The molecule has 1 aromatic carbocycles. The van der Waals surface area contributed by atoms with Gasteiger partial charge in [0.05, 0.1) is 0 Å². The van der Waals surface area contributed by atoms with Crippen LogP contribution in [0.3, 0.4) is 0 Å².